The van der Waals surface area contributed by atoms with Crippen LogP contribution in [-0.4, -0.2) is 16.6 Å². The molecule has 0 N–H and O–H groups in total. The van der Waals surface area contributed by atoms with E-state index in [9.17, 15) is 26.7 Å². The molecule has 1 aliphatic rings. The zero-order chi connectivity index (χ0) is 18.2. The lowest BCUT2D eigenvalue weighted by atomic mass is 10.1. The van der Waals surface area contributed by atoms with E-state index < -0.39 is 28.7 Å². The highest BCUT2D eigenvalue weighted by Gasteiger charge is 2.37. The van der Waals surface area contributed by atoms with Crippen molar-refractivity contribution in [3.8, 4) is 0 Å². The molecule has 3 rings (SSSR count). The van der Waals surface area contributed by atoms with Crippen molar-refractivity contribution in [3.05, 3.63) is 70.8 Å². The molecule has 25 heavy (non-hydrogen) atoms. The minimum absolute atomic E-state index is 0.0359. The number of carbonyl (C=O) groups excluding carboxylic acids is 1. The maximum Gasteiger partial charge on any atom is 0.419 e. The van der Waals surface area contributed by atoms with Gasteiger partial charge >= 0.3 is 6.18 Å². The summed E-state index contributed by atoms with van der Waals surface area (Å²) in [5.74, 6) is -2.05. The molecule has 1 heterocycles. The van der Waals surface area contributed by atoms with Crippen LogP contribution in [-0.2, 0) is 17.5 Å². The van der Waals surface area contributed by atoms with Gasteiger partial charge in [0.2, 0.25) is 5.91 Å². The Balaban J connectivity index is 1.89. The van der Waals surface area contributed by atoms with Crippen molar-refractivity contribution in [3.63, 3.8) is 0 Å². The minimum Gasteiger partial charge on any atom is -0.321 e. The molecule has 1 saturated heterocycles. The van der Waals surface area contributed by atoms with E-state index >= 15 is 0 Å². The van der Waals surface area contributed by atoms with Gasteiger partial charge in [-0.15, -0.1) is 11.8 Å². The first-order valence-electron chi connectivity index (χ1n) is 7.28. The third-order valence-corrected chi connectivity index (χ3v) is 5.11. The summed E-state index contributed by atoms with van der Waals surface area (Å²) in [6, 6.07) is 8.52. The van der Waals surface area contributed by atoms with E-state index in [-0.39, 0.29) is 29.3 Å². The summed E-state index contributed by atoms with van der Waals surface area (Å²) in [4.78, 5) is 13.4. The maximum atomic E-state index is 13.8. The van der Waals surface area contributed by atoms with Gasteiger partial charge in [0.05, 0.1) is 11.3 Å². The molecule has 1 fully saturated rings. The van der Waals surface area contributed by atoms with Crippen molar-refractivity contribution >= 4 is 17.7 Å². The average Bonchev–Trinajstić information content (AvgIpc) is 2.89. The second-order valence-electron chi connectivity index (χ2n) is 5.51. The van der Waals surface area contributed by atoms with E-state index in [1.807, 2.05) is 0 Å². The fourth-order valence-electron chi connectivity index (χ4n) is 2.63. The summed E-state index contributed by atoms with van der Waals surface area (Å²) in [5, 5.41) is -0.663. The Kier molecular flexibility index (Phi) is 4.73. The summed E-state index contributed by atoms with van der Waals surface area (Å²) in [6.07, 6.45) is -4.78. The lowest BCUT2D eigenvalue weighted by molar-refractivity contribution is -0.140. The SMILES string of the molecule is O=C1CSC(c2ccc(C(F)(F)F)c(F)c2)N1Cc1ccccc1F. The number of benzene rings is 2. The number of rotatable bonds is 3. The van der Waals surface area contributed by atoms with Crippen molar-refractivity contribution in [2.45, 2.75) is 18.1 Å². The molecular weight excluding hydrogens is 361 g/mol. The number of hydrogen-bond donors (Lipinski definition) is 0. The van der Waals surface area contributed by atoms with Crippen LogP contribution in [0.25, 0.3) is 0 Å². The minimum atomic E-state index is -4.78. The van der Waals surface area contributed by atoms with Gasteiger partial charge in [-0.05, 0) is 23.8 Å². The molecule has 0 aromatic heterocycles. The molecule has 1 atom stereocenters. The van der Waals surface area contributed by atoms with E-state index in [1.165, 1.54) is 23.1 Å². The summed E-state index contributed by atoms with van der Waals surface area (Å²) in [6.45, 7) is -0.0359. The van der Waals surface area contributed by atoms with Crippen molar-refractivity contribution in [2.24, 2.45) is 0 Å². The molecule has 2 aromatic carbocycles. The van der Waals surface area contributed by atoms with Crippen LogP contribution < -0.4 is 0 Å². The van der Waals surface area contributed by atoms with Crippen molar-refractivity contribution < 1.29 is 26.7 Å². The van der Waals surface area contributed by atoms with Gasteiger partial charge in [0.25, 0.3) is 0 Å². The number of amides is 1. The molecular formula is C17H12F5NOS. The van der Waals surface area contributed by atoms with Gasteiger partial charge < -0.3 is 4.90 Å². The van der Waals surface area contributed by atoms with Crippen LogP contribution in [0.2, 0.25) is 0 Å². The quantitative estimate of drug-likeness (QED) is 0.723. The number of alkyl halides is 3. The third-order valence-electron chi connectivity index (χ3n) is 3.85. The van der Waals surface area contributed by atoms with Gasteiger partial charge in [-0.3, -0.25) is 4.79 Å². The van der Waals surface area contributed by atoms with Crippen molar-refractivity contribution in [1.29, 1.82) is 0 Å². The highest BCUT2D eigenvalue weighted by Crippen LogP contribution is 2.41. The molecule has 1 unspecified atom stereocenters. The summed E-state index contributed by atoms with van der Waals surface area (Å²) in [7, 11) is 0. The topological polar surface area (TPSA) is 20.3 Å². The van der Waals surface area contributed by atoms with Gasteiger partial charge in [-0.25, -0.2) is 8.78 Å². The largest absolute Gasteiger partial charge is 0.419 e. The first-order chi connectivity index (χ1) is 11.8. The van der Waals surface area contributed by atoms with Crippen LogP contribution in [0, 0.1) is 11.6 Å². The van der Waals surface area contributed by atoms with Crippen LogP contribution >= 0.6 is 11.8 Å². The Bertz CT molecular complexity index is 808. The second-order valence-corrected chi connectivity index (χ2v) is 6.58. The zero-order valence-electron chi connectivity index (χ0n) is 12.7. The molecule has 0 saturated carbocycles. The predicted molar refractivity (Wildman–Crippen MR) is 83.6 cm³/mol. The van der Waals surface area contributed by atoms with Crippen LogP contribution in [0.3, 0.4) is 0 Å². The van der Waals surface area contributed by atoms with E-state index in [0.717, 1.165) is 23.9 Å². The number of thioether (sulfide) groups is 1. The highest BCUT2D eigenvalue weighted by molar-refractivity contribution is 8.00. The Morgan fingerprint density at radius 1 is 1.08 bits per heavy atom. The number of carbonyl (C=O) groups is 1. The normalized spacial score (nSPS) is 18.0. The average molecular weight is 373 g/mol. The number of halogens is 5. The molecule has 132 valence electrons. The van der Waals surface area contributed by atoms with Gasteiger partial charge in [-0.2, -0.15) is 13.2 Å². The van der Waals surface area contributed by atoms with E-state index in [0.29, 0.717) is 6.07 Å². The van der Waals surface area contributed by atoms with Gasteiger partial charge in [0, 0.05) is 12.1 Å². The van der Waals surface area contributed by atoms with E-state index in [4.69, 9.17) is 0 Å². The lowest BCUT2D eigenvalue weighted by Gasteiger charge is -2.25. The summed E-state index contributed by atoms with van der Waals surface area (Å²) < 4.78 is 65.7. The standard InChI is InChI=1S/C17H12F5NOS/c18-13-4-2-1-3-11(13)8-23-15(24)9-25-16(23)10-5-6-12(14(19)7-10)17(20,21)22/h1-7,16H,8-9H2. The smallest absolute Gasteiger partial charge is 0.321 e. The molecule has 8 heteroatoms. The van der Waals surface area contributed by atoms with Gasteiger partial charge in [0.15, 0.2) is 0 Å². The number of hydrogen-bond acceptors (Lipinski definition) is 2. The molecule has 1 amide bonds. The molecule has 0 bridgehead atoms. The first kappa shape index (κ1) is 17.7. The third kappa shape index (κ3) is 3.63. The molecule has 0 aliphatic carbocycles. The van der Waals surface area contributed by atoms with Crippen molar-refractivity contribution in [1.82, 2.24) is 4.90 Å². The molecule has 0 radical (unpaired) electrons. The fraction of sp³-hybridized carbons (Fsp3) is 0.235. The van der Waals surface area contributed by atoms with Crippen LogP contribution in [0.4, 0.5) is 22.0 Å². The van der Waals surface area contributed by atoms with Crippen LogP contribution in [0.1, 0.15) is 22.1 Å². The molecule has 2 aromatic rings. The lowest BCUT2D eigenvalue weighted by Crippen LogP contribution is -2.28. The fourth-order valence-corrected chi connectivity index (χ4v) is 3.80. The molecule has 1 aliphatic heterocycles. The summed E-state index contributed by atoms with van der Waals surface area (Å²) in [5.41, 5.74) is -0.834. The van der Waals surface area contributed by atoms with E-state index in [2.05, 4.69) is 0 Å². The second kappa shape index (κ2) is 6.67. The summed E-state index contributed by atoms with van der Waals surface area (Å²) >= 11 is 1.16. The van der Waals surface area contributed by atoms with E-state index in [1.54, 1.807) is 6.07 Å². The van der Waals surface area contributed by atoms with Crippen molar-refractivity contribution in [2.75, 3.05) is 5.75 Å². The van der Waals surface area contributed by atoms with Crippen LogP contribution in [0.15, 0.2) is 42.5 Å². The Morgan fingerprint density at radius 3 is 2.44 bits per heavy atom. The first-order valence-corrected chi connectivity index (χ1v) is 8.33. The maximum absolute atomic E-state index is 13.8. The Labute approximate surface area is 144 Å². The molecule has 2 nitrogen and oxygen atoms in total. The molecule has 0 spiro atoms. The van der Waals surface area contributed by atoms with Gasteiger partial charge in [0.1, 0.15) is 17.0 Å². The Morgan fingerprint density at radius 2 is 1.80 bits per heavy atom. The Hall–Kier alpha value is -2.09. The van der Waals surface area contributed by atoms with Crippen LogP contribution in [0.5, 0.6) is 0 Å². The number of nitrogens with zero attached hydrogens (tertiary/aromatic N) is 1. The monoisotopic (exact) mass is 373 g/mol. The predicted octanol–water partition coefficient (Wildman–Crippen LogP) is 4.76. The van der Waals surface area contributed by atoms with Gasteiger partial charge in [-0.1, -0.05) is 24.3 Å². The zero-order valence-corrected chi connectivity index (χ0v) is 13.5. The highest BCUT2D eigenvalue weighted by atomic mass is 32.2.